The second-order valence-electron chi connectivity index (χ2n) is 4.47. The first-order chi connectivity index (χ1) is 7.91. The van der Waals surface area contributed by atoms with Crippen molar-refractivity contribution in [3.63, 3.8) is 0 Å². The normalized spacial score (nSPS) is 18.4. The molecule has 1 aromatic rings. The Bertz CT molecular complexity index is 467. The van der Waals surface area contributed by atoms with Crippen LogP contribution in [0.3, 0.4) is 0 Å². The molecule has 1 aliphatic rings. The molecular formula is C12H12BrNO3. The molecule has 4 nitrogen and oxygen atoms in total. The summed E-state index contributed by atoms with van der Waals surface area (Å²) < 4.78 is 0.964. The first kappa shape index (κ1) is 12.1. The van der Waals surface area contributed by atoms with Gasteiger partial charge in [-0.2, -0.15) is 5.06 Å². The Morgan fingerprint density at radius 2 is 1.82 bits per heavy atom. The predicted octanol–water partition coefficient (Wildman–Crippen LogP) is 2.28. The lowest BCUT2D eigenvalue weighted by Crippen LogP contribution is -2.31. The molecule has 0 aromatic heterocycles. The van der Waals surface area contributed by atoms with E-state index in [4.69, 9.17) is 4.84 Å². The van der Waals surface area contributed by atoms with Gasteiger partial charge in [0.05, 0.1) is 6.54 Å². The molecule has 1 amide bonds. The van der Waals surface area contributed by atoms with Gasteiger partial charge in [0.1, 0.15) is 5.41 Å². The van der Waals surface area contributed by atoms with E-state index < -0.39 is 11.4 Å². The lowest BCUT2D eigenvalue weighted by atomic mass is 9.94. The van der Waals surface area contributed by atoms with E-state index in [1.165, 1.54) is 0 Å². The fourth-order valence-electron chi connectivity index (χ4n) is 1.51. The van der Waals surface area contributed by atoms with Crippen LogP contribution in [0, 0.1) is 5.41 Å². The van der Waals surface area contributed by atoms with Crippen LogP contribution in [0.5, 0.6) is 0 Å². The zero-order chi connectivity index (χ0) is 12.6. The Kier molecular flexibility index (Phi) is 2.95. The third kappa shape index (κ3) is 2.20. The Labute approximate surface area is 108 Å². The van der Waals surface area contributed by atoms with Gasteiger partial charge in [-0.1, -0.05) is 28.1 Å². The van der Waals surface area contributed by atoms with Crippen molar-refractivity contribution in [3.8, 4) is 0 Å². The van der Waals surface area contributed by atoms with Crippen molar-refractivity contribution >= 4 is 27.8 Å². The number of carbonyl (C=O) groups is 2. The molecule has 90 valence electrons. The molecule has 0 atom stereocenters. The molecule has 0 spiro atoms. The summed E-state index contributed by atoms with van der Waals surface area (Å²) in [7, 11) is 0. The monoisotopic (exact) mass is 297 g/mol. The number of rotatable bonds is 2. The third-order valence-corrected chi connectivity index (χ3v) is 3.23. The summed E-state index contributed by atoms with van der Waals surface area (Å²) in [5.41, 5.74) is -0.165. The van der Waals surface area contributed by atoms with Crippen LogP contribution in [0.15, 0.2) is 28.7 Å². The van der Waals surface area contributed by atoms with E-state index in [-0.39, 0.29) is 12.5 Å². The number of benzene rings is 1. The highest BCUT2D eigenvalue weighted by Crippen LogP contribution is 2.29. The van der Waals surface area contributed by atoms with Crippen molar-refractivity contribution in [1.29, 1.82) is 0 Å². The molecule has 2 rings (SSSR count). The molecule has 0 saturated carbocycles. The molecule has 0 radical (unpaired) electrons. The fraction of sp³-hybridized carbons (Fsp3) is 0.333. The highest BCUT2D eigenvalue weighted by molar-refractivity contribution is 9.10. The number of amides is 1. The van der Waals surface area contributed by atoms with E-state index in [1.54, 1.807) is 13.8 Å². The number of nitrogens with zero attached hydrogens (tertiary/aromatic N) is 1. The minimum Gasteiger partial charge on any atom is -0.337 e. The summed E-state index contributed by atoms with van der Waals surface area (Å²) in [4.78, 5) is 28.3. The maximum Gasteiger partial charge on any atom is 0.347 e. The average molecular weight is 298 g/mol. The minimum atomic E-state index is -1.07. The third-order valence-electron chi connectivity index (χ3n) is 2.70. The maximum absolute atomic E-state index is 11.9. The molecule has 0 N–H and O–H groups in total. The summed E-state index contributed by atoms with van der Waals surface area (Å²) >= 11 is 3.33. The van der Waals surface area contributed by atoms with E-state index in [9.17, 15) is 9.59 Å². The Hall–Kier alpha value is -1.36. The molecule has 1 aliphatic heterocycles. The predicted molar refractivity (Wildman–Crippen MR) is 64.6 cm³/mol. The molecule has 1 heterocycles. The SMILES string of the molecule is CC1(C)C(=O)ON(Cc2ccc(Br)cc2)C1=O. The standard InChI is InChI=1S/C12H12BrNO3/c1-12(2)10(15)14(17-11(12)16)7-8-3-5-9(13)6-4-8/h3-6H,7H2,1-2H3. The Balaban J connectivity index is 2.14. The Morgan fingerprint density at radius 3 is 2.29 bits per heavy atom. The van der Waals surface area contributed by atoms with Crippen molar-refractivity contribution < 1.29 is 14.4 Å². The van der Waals surface area contributed by atoms with Gasteiger partial charge in [-0.05, 0) is 31.5 Å². The number of halogens is 1. The molecule has 0 unspecified atom stereocenters. The van der Waals surface area contributed by atoms with Crippen molar-refractivity contribution in [3.05, 3.63) is 34.3 Å². The van der Waals surface area contributed by atoms with Gasteiger partial charge >= 0.3 is 5.97 Å². The first-order valence-corrected chi connectivity index (χ1v) is 5.99. The van der Waals surface area contributed by atoms with Crippen LogP contribution >= 0.6 is 15.9 Å². The number of hydrogen-bond donors (Lipinski definition) is 0. The molecule has 1 aromatic carbocycles. The van der Waals surface area contributed by atoms with E-state index in [2.05, 4.69) is 15.9 Å². The molecule has 17 heavy (non-hydrogen) atoms. The van der Waals surface area contributed by atoms with E-state index in [1.807, 2.05) is 24.3 Å². The molecule has 1 fully saturated rings. The molecule has 5 heteroatoms. The van der Waals surface area contributed by atoms with Gasteiger partial charge in [0, 0.05) is 4.47 Å². The van der Waals surface area contributed by atoms with E-state index >= 15 is 0 Å². The van der Waals surface area contributed by atoms with E-state index in [0.29, 0.717) is 0 Å². The first-order valence-electron chi connectivity index (χ1n) is 5.20. The lowest BCUT2D eigenvalue weighted by Gasteiger charge is -2.14. The molecule has 0 aliphatic carbocycles. The van der Waals surface area contributed by atoms with Crippen molar-refractivity contribution in [2.75, 3.05) is 0 Å². The average Bonchev–Trinajstić information content (AvgIpc) is 2.46. The summed E-state index contributed by atoms with van der Waals surface area (Å²) in [5.74, 6) is -0.801. The number of carbonyl (C=O) groups excluding carboxylic acids is 2. The fourth-order valence-corrected chi connectivity index (χ4v) is 1.78. The molecular weight excluding hydrogens is 286 g/mol. The van der Waals surface area contributed by atoms with Gasteiger partial charge in [0.2, 0.25) is 0 Å². The zero-order valence-electron chi connectivity index (χ0n) is 9.57. The Morgan fingerprint density at radius 1 is 1.24 bits per heavy atom. The van der Waals surface area contributed by atoms with Gasteiger partial charge in [-0.25, -0.2) is 4.79 Å². The van der Waals surface area contributed by atoms with Crippen LogP contribution in [-0.2, 0) is 21.0 Å². The lowest BCUT2D eigenvalue weighted by molar-refractivity contribution is -0.180. The quantitative estimate of drug-likeness (QED) is 0.787. The van der Waals surface area contributed by atoms with Crippen LogP contribution in [0.25, 0.3) is 0 Å². The highest BCUT2D eigenvalue weighted by Gasteiger charge is 2.49. The second-order valence-corrected chi connectivity index (χ2v) is 5.39. The highest BCUT2D eigenvalue weighted by atomic mass is 79.9. The largest absolute Gasteiger partial charge is 0.347 e. The summed E-state index contributed by atoms with van der Waals surface area (Å²) in [6.07, 6.45) is 0. The summed E-state index contributed by atoms with van der Waals surface area (Å²) in [6, 6.07) is 7.50. The van der Waals surface area contributed by atoms with Gasteiger partial charge in [-0.15, -0.1) is 0 Å². The van der Waals surface area contributed by atoms with Crippen molar-refractivity contribution in [2.24, 2.45) is 5.41 Å². The van der Waals surface area contributed by atoms with Crippen LogP contribution in [0.1, 0.15) is 19.4 Å². The molecule has 1 saturated heterocycles. The molecule has 0 bridgehead atoms. The van der Waals surface area contributed by atoms with E-state index in [0.717, 1.165) is 15.1 Å². The topological polar surface area (TPSA) is 46.6 Å². The maximum atomic E-state index is 11.9. The van der Waals surface area contributed by atoms with Crippen LogP contribution in [0.4, 0.5) is 0 Å². The zero-order valence-corrected chi connectivity index (χ0v) is 11.2. The van der Waals surface area contributed by atoms with Gasteiger partial charge in [0.25, 0.3) is 5.91 Å². The van der Waals surface area contributed by atoms with Crippen molar-refractivity contribution in [2.45, 2.75) is 20.4 Å². The van der Waals surface area contributed by atoms with Crippen molar-refractivity contribution in [1.82, 2.24) is 5.06 Å². The van der Waals surface area contributed by atoms with Crippen LogP contribution < -0.4 is 0 Å². The second kappa shape index (κ2) is 4.14. The van der Waals surface area contributed by atoms with Gasteiger partial charge < -0.3 is 4.84 Å². The van der Waals surface area contributed by atoms with Gasteiger partial charge in [-0.3, -0.25) is 4.79 Å². The van der Waals surface area contributed by atoms with Crippen LogP contribution in [-0.4, -0.2) is 16.9 Å². The summed E-state index contributed by atoms with van der Waals surface area (Å²) in [5, 5.41) is 1.12. The summed E-state index contributed by atoms with van der Waals surface area (Å²) in [6.45, 7) is 3.42. The number of hydroxylamine groups is 2. The minimum absolute atomic E-state index is 0.279. The smallest absolute Gasteiger partial charge is 0.337 e. The van der Waals surface area contributed by atoms with Gasteiger partial charge in [0.15, 0.2) is 0 Å². The van der Waals surface area contributed by atoms with Crippen LogP contribution in [0.2, 0.25) is 0 Å². The number of hydrogen-bond acceptors (Lipinski definition) is 3.